The third-order valence-electron chi connectivity index (χ3n) is 2.77. The predicted molar refractivity (Wildman–Crippen MR) is 58.3 cm³/mol. The van der Waals surface area contributed by atoms with Crippen LogP contribution in [0, 0.1) is 0 Å². The summed E-state index contributed by atoms with van der Waals surface area (Å²) in [6.45, 7) is 2.00. The lowest BCUT2D eigenvalue weighted by atomic mass is 9.91. The van der Waals surface area contributed by atoms with Gasteiger partial charge in [0.25, 0.3) is 0 Å². The number of fused-ring (bicyclic) bond motifs is 1. The van der Waals surface area contributed by atoms with Gasteiger partial charge in [0.05, 0.1) is 25.3 Å². The number of pyridine rings is 1. The number of hydrogen-bond donors (Lipinski definition) is 0. The number of hydrogen-bond acceptors (Lipinski definition) is 4. The maximum absolute atomic E-state index is 11.3. The maximum atomic E-state index is 11.3. The van der Waals surface area contributed by atoms with Gasteiger partial charge in [-0.1, -0.05) is 0 Å². The molecule has 2 rings (SSSR count). The average Bonchev–Trinajstić information content (AvgIpc) is 2.28. The lowest BCUT2D eigenvalue weighted by molar-refractivity contribution is -0.141. The highest BCUT2D eigenvalue weighted by molar-refractivity contribution is 5.70. The predicted octanol–water partition coefficient (Wildman–Crippen LogP) is 1.90. The Morgan fingerprint density at radius 3 is 3.25 bits per heavy atom. The van der Waals surface area contributed by atoms with Crippen LogP contribution in [-0.2, 0) is 9.53 Å². The van der Waals surface area contributed by atoms with E-state index in [0.717, 1.165) is 17.9 Å². The topological polar surface area (TPSA) is 48.4 Å². The molecule has 0 saturated carbocycles. The molecular weight excluding hydrogens is 206 g/mol. The van der Waals surface area contributed by atoms with E-state index < -0.39 is 0 Å². The molecule has 2 atom stereocenters. The molecule has 1 aliphatic rings. The molecule has 1 aromatic heterocycles. The summed E-state index contributed by atoms with van der Waals surface area (Å²) in [7, 11) is 1.41. The summed E-state index contributed by atoms with van der Waals surface area (Å²) >= 11 is 0. The fourth-order valence-corrected chi connectivity index (χ4v) is 2.05. The quantitative estimate of drug-likeness (QED) is 0.716. The standard InChI is InChI=1S/C12H15NO3/c1-8-6-9(7-11(14)15-2)12-10(16-8)4-3-5-13-12/h3-5,8-9H,6-7H2,1-2H3/t8-,9?/m1/s1. The summed E-state index contributed by atoms with van der Waals surface area (Å²) in [4.78, 5) is 15.6. The van der Waals surface area contributed by atoms with Crippen LogP contribution in [0.2, 0.25) is 0 Å². The van der Waals surface area contributed by atoms with Crippen LogP contribution in [-0.4, -0.2) is 24.2 Å². The third kappa shape index (κ3) is 2.15. The molecule has 4 nitrogen and oxygen atoms in total. The number of aromatic nitrogens is 1. The number of carbonyl (C=O) groups excluding carboxylic acids is 1. The van der Waals surface area contributed by atoms with E-state index in [4.69, 9.17) is 9.47 Å². The van der Waals surface area contributed by atoms with E-state index in [-0.39, 0.29) is 18.0 Å². The molecule has 0 aromatic carbocycles. The van der Waals surface area contributed by atoms with Gasteiger partial charge in [0.2, 0.25) is 0 Å². The number of nitrogens with zero attached hydrogens (tertiary/aromatic N) is 1. The van der Waals surface area contributed by atoms with Crippen LogP contribution in [0.3, 0.4) is 0 Å². The molecule has 0 bridgehead atoms. The molecule has 0 aliphatic carbocycles. The first kappa shape index (κ1) is 10.9. The second kappa shape index (κ2) is 4.51. The summed E-state index contributed by atoms with van der Waals surface area (Å²) in [6.07, 6.45) is 3.02. The van der Waals surface area contributed by atoms with Crippen molar-refractivity contribution < 1.29 is 14.3 Å². The molecular formula is C12H15NO3. The molecule has 0 fully saturated rings. The van der Waals surface area contributed by atoms with Gasteiger partial charge in [0.15, 0.2) is 0 Å². The second-order valence-corrected chi connectivity index (χ2v) is 4.03. The van der Waals surface area contributed by atoms with E-state index in [2.05, 4.69) is 4.98 Å². The number of carbonyl (C=O) groups is 1. The minimum Gasteiger partial charge on any atom is -0.489 e. The fourth-order valence-electron chi connectivity index (χ4n) is 2.05. The molecule has 16 heavy (non-hydrogen) atoms. The van der Waals surface area contributed by atoms with Crippen molar-refractivity contribution >= 4 is 5.97 Å². The van der Waals surface area contributed by atoms with Crippen molar-refractivity contribution in [3.63, 3.8) is 0 Å². The van der Waals surface area contributed by atoms with Crippen LogP contribution in [0.25, 0.3) is 0 Å². The molecule has 4 heteroatoms. The van der Waals surface area contributed by atoms with Gasteiger partial charge in [0, 0.05) is 12.1 Å². The SMILES string of the molecule is COC(=O)CC1C[C@@H](C)Oc2cccnc21. The van der Waals surface area contributed by atoms with Gasteiger partial charge in [-0.15, -0.1) is 0 Å². The third-order valence-corrected chi connectivity index (χ3v) is 2.77. The molecule has 1 aromatic rings. The van der Waals surface area contributed by atoms with E-state index >= 15 is 0 Å². The van der Waals surface area contributed by atoms with Crippen molar-refractivity contribution in [2.45, 2.75) is 31.8 Å². The number of esters is 1. The minimum atomic E-state index is -0.198. The van der Waals surface area contributed by atoms with E-state index in [1.165, 1.54) is 7.11 Å². The summed E-state index contributed by atoms with van der Waals surface area (Å²) in [6, 6.07) is 3.73. The van der Waals surface area contributed by atoms with Crippen LogP contribution in [0.5, 0.6) is 5.75 Å². The fraction of sp³-hybridized carbons (Fsp3) is 0.500. The van der Waals surface area contributed by atoms with Gasteiger partial charge in [0.1, 0.15) is 5.75 Å². The van der Waals surface area contributed by atoms with Crippen LogP contribution in [0.1, 0.15) is 31.4 Å². The van der Waals surface area contributed by atoms with Gasteiger partial charge in [-0.05, 0) is 25.5 Å². The van der Waals surface area contributed by atoms with Gasteiger partial charge >= 0.3 is 5.97 Å². The molecule has 0 saturated heterocycles. The van der Waals surface area contributed by atoms with Crippen LogP contribution in [0.15, 0.2) is 18.3 Å². The first-order valence-corrected chi connectivity index (χ1v) is 5.39. The lowest BCUT2D eigenvalue weighted by Gasteiger charge is -2.28. The Balaban J connectivity index is 2.23. The first-order valence-electron chi connectivity index (χ1n) is 5.39. The molecule has 1 aliphatic heterocycles. The van der Waals surface area contributed by atoms with Crippen LogP contribution in [0.4, 0.5) is 0 Å². The summed E-state index contributed by atoms with van der Waals surface area (Å²) in [5.74, 6) is 0.693. The summed E-state index contributed by atoms with van der Waals surface area (Å²) in [5, 5.41) is 0. The highest BCUT2D eigenvalue weighted by Crippen LogP contribution is 2.36. The molecule has 86 valence electrons. The minimum absolute atomic E-state index is 0.104. The Morgan fingerprint density at radius 1 is 1.69 bits per heavy atom. The molecule has 0 radical (unpaired) electrons. The lowest BCUT2D eigenvalue weighted by Crippen LogP contribution is -2.25. The van der Waals surface area contributed by atoms with Crippen molar-refractivity contribution in [1.29, 1.82) is 0 Å². The zero-order valence-corrected chi connectivity index (χ0v) is 9.47. The van der Waals surface area contributed by atoms with Crippen LogP contribution < -0.4 is 4.74 Å². The van der Waals surface area contributed by atoms with Crippen molar-refractivity contribution in [1.82, 2.24) is 4.98 Å². The maximum Gasteiger partial charge on any atom is 0.306 e. The van der Waals surface area contributed by atoms with Crippen molar-refractivity contribution in [2.75, 3.05) is 7.11 Å². The normalized spacial score (nSPS) is 23.1. The number of ether oxygens (including phenoxy) is 2. The molecule has 1 unspecified atom stereocenters. The largest absolute Gasteiger partial charge is 0.489 e. The van der Waals surface area contributed by atoms with Gasteiger partial charge < -0.3 is 9.47 Å². The van der Waals surface area contributed by atoms with E-state index in [9.17, 15) is 4.79 Å². The van der Waals surface area contributed by atoms with E-state index in [1.54, 1.807) is 6.20 Å². The number of rotatable bonds is 2. The van der Waals surface area contributed by atoms with Gasteiger partial charge in [-0.25, -0.2) is 0 Å². The highest BCUT2D eigenvalue weighted by Gasteiger charge is 2.28. The van der Waals surface area contributed by atoms with Gasteiger partial charge in [-0.2, -0.15) is 0 Å². The second-order valence-electron chi connectivity index (χ2n) is 4.03. The van der Waals surface area contributed by atoms with Crippen LogP contribution >= 0.6 is 0 Å². The van der Waals surface area contributed by atoms with E-state index in [0.29, 0.717) is 6.42 Å². The summed E-state index contributed by atoms with van der Waals surface area (Å²) in [5.41, 5.74) is 0.867. The Hall–Kier alpha value is -1.58. The average molecular weight is 221 g/mol. The number of methoxy groups -OCH3 is 1. The first-order chi connectivity index (χ1) is 7.70. The summed E-state index contributed by atoms with van der Waals surface area (Å²) < 4.78 is 10.4. The molecule has 2 heterocycles. The molecule has 0 amide bonds. The Kier molecular flexibility index (Phi) is 3.08. The van der Waals surface area contributed by atoms with E-state index in [1.807, 2.05) is 19.1 Å². The Labute approximate surface area is 94.6 Å². The van der Waals surface area contributed by atoms with Crippen molar-refractivity contribution in [3.8, 4) is 5.75 Å². The van der Waals surface area contributed by atoms with Gasteiger partial charge in [-0.3, -0.25) is 9.78 Å². The van der Waals surface area contributed by atoms with Crippen molar-refractivity contribution in [3.05, 3.63) is 24.0 Å². The monoisotopic (exact) mass is 221 g/mol. The Morgan fingerprint density at radius 2 is 2.50 bits per heavy atom. The van der Waals surface area contributed by atoms with Crippen molar-refractivity contribution in [2.24, 2.45) is 0 Å². The zero-order valence-electron chi connectivity index (χ0n) is 9.47. The zero-order chi connectivity index (χ0) is 11.5. The Bertz CT molecular complexity index is 392. The smallest absolute Gasteiger partial charge is 0.306 e. The molecule has 0 spiro atoms. The molecule has 0 N–H and O–H groups in total. The highest BCUT2D eigenvalue weighted by atomic mass is 16.5.